The van der Waals surface area contributed by atoms with Crippen LogP contribution in [0.25, 0.3) is 11.2 Å². The lowest BCUT2D eigenvalue weighted by molar-refractivity contribution is -0.0518. The van der Waals surface area contributed by atoms with Crippen molar-refractivity contribution in [2.45, 2.75) is 36.1 Å². The molecule has 12 nitrogen and oxygen atoms in total. The largest absolute Gasteiger partial charge is 0.387 e. The molecule has 0 unspecified atom stereocenters. The highest BCUT2D eigenvalue weighted by Gasteiger charge is 2.45. The molecule has 4 heterocycles. The molecule has 3 aromatic heterocycles. The Labute approximate surface area is 154 Å². The lowest BCUT2D eigenvalue weighted by Crippen LogP contribution is -2.39. The zero-order chi connectivity index (χ0) is 19.1. The van der Waals surface area contributed by atoms with Gasteiger partial charge < -0.3 is 19.5 Å². The molecule has 1 saturated heterocycles. The summed E-state index contributed by atoms with van der Waals surface area (Å²) in [5.74, 6) is 0. The Bertz CT molecular complexity index is 1100. The van der Waals surface area contributed by atoms with E-state index in [1.54, 1.807) is 10.9 Å². The van der Waals surface area contributed by atoms with Crippen LogP contribution in [0.5, 0.6) is 0 Å². The topological polar surface area (TPSA) is 161 Å². The van der Waals surface area contributed by atoms with E-state index in [1.165, 1.54) is 18.1 Å². The minimum Gasteiger partial charge on any atom is -0.387 e. The quantitative estimate of drug-likeness (QED) is 0.338. The highest BCUT2D eigenvalue weighted by molar-refractivity contribution is 7.98. The van der Waals surface area contributed by atoms with E-state index in [2.05, 4.69) is 20.1 Å². The highest BCUT2D eigenvalue weighted by Crippen LogP contribution is 2.29. The number of imidazole rings is 1. The van der Waals surface area contributed by atoms with Crippen LogP contribution in [0, 0.1) is 0 Å². The summed E-state index contributed by atoms with van der Waals surface area (Å²) in [5.41, 5.74) is -0.338. The summed E-state index contributed by atoms with van der Waals surface area (Å²) < 4.78 is 8.11. The molecule has 0 saturated carbocycles. The molecule has 0 aliphatic carbocycles. The number of nitrogens with zero attached hydrogens (tertiary/aromatic N) is 6. The van der Waals surface area contributed by atoms with Gasteiger partial charge in [0.1, 0.15) is 41.4 Å². The van der Waals surface area contributed by atoms with Crippen molar-refractivity contribution in [3.05, 3.63) is 39.7 Å². The van der Waals surface area contributed by atoms with E-state index in [-0.39, 0.29) is 6.54 Å². The van der Waals surface area contributed by atoms with Crippen molar-refractivity contribution >= 4 is 22.9 Å². The average Bonchev–Trinajstić information content (AvgIpc) is 3.18. The smallest absolute Gasteiger partial charge is 0.347 e. The maximum atomic E-state index is 11.9. The van der Waals surface area contributed by atoms with Gasteiger partial charge in [-0.3, -0.25) is 9.78 Å². The van der Waals surface area contributed by atoms with Crippen LogP contribution in [0.2, 0.25) is 0 Å². The third kappa shape index (κ3) is 3.03. The van der Waals surface area contributed by atoms with Crippen molar-refractivity contribution in [1.29, 1.82) is 0 Å². The Balaban J connectivity index is 1.62. The molecule has 27 heavy (non-hydrogen) atoms. The maximum Gasteiger partial charge on any atom is 0.347 e. The van der Waals surface area contributed by atoms with Crippen LogP contribution in [0.15, 0.2) is 33.5 Å². The number of aliphatic hydroxyl groups excluding tert-OH is 2. The second-order valence-electron chi connectivity index (χ2n) is 5.88. The fourth-order valence-electron chi connectivity index (χ4n) is 2.96. The lowest BCUT2D eigenvalue weighted by atomic mass is 10.1. The number of hydrogen-bond acceptors (Lipinski definition) is 10. The first-order valence-electron chi connectivity index (χ1n) is 7.89. The molecule has 0 spiro atoms. The Kier molecular flexibility index (Phi) is 4.51. The van der Waals surface area contributed by atoms with Gasteiger partial charge >= 0.3 is 5.69 Å². The van der Waals surface area contributed by atoms with E-state index < -0.39 is 35.8 Å². The van der Waals surface area contributed by atoms with Crippen molar-refractivity contribution in [1.82, 2.24) is 34.3 Å². The molecule has 0 aromatic carbocycles. The molecule has 4 atom stereocenters. The molecule has 142 valence electrons. The van der Waals surface area contributed by atoms with Gasteiger partial charge in [-0.05, 0) is 6.26 Å². The molecule has 3 aromatic rings. The van der Waals surface area contributed by atoms with Crippen LogP contribution in [-0.4, -0.2) is 69.1 Å². The van der Waals surface area contributed by atoms with Gasteiger partial charge in [0.15, 0.2) is 11.9 Å². The summed E-state index contributed by atoms with van der Waals surface area (Å²) in [7, 11) is 0. The minimum absolute atomic E-state index is 0.133. The predicted octanol–water partition coefficient (Wildman–Crippen LogP) is -1.89. The number of aliphatic hydroxyl groups is 2. The standard InChI is InChI=1S/C14H15N7O5S/c1-27-12-8-11(15-4-16-12)20(5-17-8)3-6-9(23)10(24)13(26-6)21-14(25)19-7(22)2-18-21/h2,4-6,9-10,13,23-24H,3H2,1H3,(H,19,22,25)/t6-,9-,10-,13-/m1/s1. The third-order valence-electron chi connectivity index (χ3n) is 4.25. The molecular weight excluding hydrogens is 378 g/mol. The summed E-state index contributed by atoms with van der Waals surface area (Å²) in [5, 5.41) is 25.0. The van der Waals surface area contributed by atoms with Crippen molar-refractivity contribution in [3.8, 4) is 0 Å². The predicted molar refractivity (Wildman–Crippen MR) is 92.1 cm³/mol. The second-order valence-corrected chi connectivity index (χ2v) is 6.68. The van der Waals surface area contributed by atoms with E-state index in [9.17, 15) is 19.8 Å². The van der Waals surface area contributed by atoms with Crippen molar-refractivity contribution < 1.29 is 14.9 Å². The highest BCUT2D eigenvalue weighted by atomic mass is 32.2. The number of rotatable bonds is 4. The van der Waals surface area contributed by atoms with Crippen molar-refractivity contribution in [2.24, 2.45) is 0 Å². The van der Waals surface area contributed by atoms with E-state index >= 15 is 0 Å². The van der Waals surface area contributed by atoms with Crippen LogP contribution in [0.3, 0.4) is 0 Å². The van der Waals surface area contributed by atoms with Gasteiger partial charge in [-0.1, -0.05) is 0 Å². The van der Waals surface area contributed by atoms with Gasteiger partial charge in [0.05, 0.1) is 12.9 Å². The lowest BCUT2D eigenvalue weighted by Gasteiger charge is -2.15. The van der Waals surface area contributed by atoms with Crippen molar-refractivity contribution in [2.75, 3.05) is 6.26 Å². The van der Waals surface area contributed by atoms with E-state index in [4.69, 9.17) is 4.74 Å². The zero-order valence-electron chi connectivity index (χ0n) is 14.0. The molecule has 0 amide bonds. The number of ether oxygens (including phenoxy) is 1. The van der Waals surface area contributed by atoms with Crippen LogP contribution < -0.4 is 11.2 Å². The number of aromatic nitrogens is 7. The molecule has 1 fully saturated rings. The SMILES string of the molecule is CSc1ncnc2c1ncn2C[C@H]1O[C@@H](n2ncc(=O)[nH]c2=O)[C@H](O)[C@@H]1O. The number of nitrogens with one attached hydrogen (secondary N) is 1. The first-order valence-corrected chi connectivity index (χ1v) is 9.11. The fraction of sp³-hybridized carbons (Fsp3) is 0.429. The normalized spacial score (nSPS) is 25.3. The monoisotopic (exact) mass is 393 g/mol. The fourth-order valence-corrected chi connectivity index (χ4v) is 3.45. The Morgan fingerprint density at radius 2 is 2.07 bits per heavy atom. The van der Waals surface area contributed by atoms with E-state index in [0.29, 0.717) is 16.2 Å². The molecule has 1 aliphatic heterocycles. The third-order valence-corrected chi connectivity index (χ3v) is 4.94. The van der Waals surface area contributed by atoms with Crippen LogP contribution in [0.1, 0.15) is 6.23 Å². The van der Waals surface area contributed by atoms with E-state index in [1.807, 2.05) is 11.2 Å². The summed E-state index contributed by atoms with van der Waals surface area (Å²) in [6.07, 6.45) is 0.949. The number of thioether (sulfide) groups is 1. The number of H-pyrrole nitrogens is 1. The molecule has 4 rings (SSSR count). The number of hydrogen-bond donors (Lipinski definition) is 3. The summed E-state index contributed by atoms with van der Waals surface area (Å²) >= 11 is 1.43. The van der Waals surface area contributed by atoms with Crippen molar-refractivity contribution in [3.63, 3.8) is 0 Å². The van der Waals surface area contributed by atoms with Gasteiger partial charge in [-0.25, -0.2) is 19.7 Å². The summed E-state index contributed by atoms with van der Waals surface area (Å²) in [6.45, 7) is 0.133. The Hall–Kier alpha value is -2.61. The molecular formula is C14H15N7O5S. The number of fused-ring (bicyclic) bond motifs is 1. The Morgan fingerprint density at radius 1 is 1.26 bits per heavy atom. The number of aromatic amines is 1. The molecule has 0 bridgehead atoms. The maximum absolute atomic E-state index is 11.9. The van der Waals surface area contributed by atoms with Crippen LogP contribution in [0.4, 0.5) is 0 Å². The van der Waals surface area contributed by atoms with Gasteiger partial charge in [-0.15, -0.1) is 11.8 Å². The summed E-state index contributed by atoms with van der Waals surface area (Å²) in [4.78, 5) is 37.7. The average molecular weight is 393 g/mol. The first-order chi connectivity index (χ1) is 13.0. The van der Waals surface area contributed by atoms with Gasteiger partial charge in [0.25, 0.3) is 5.56 Å². The van der Waals surface area contributed by atoms with Gasteiger partial charge in [-0.2, -0.15) is 9.78 Å². The van der Waals surface area contributed by atoms with Crippen LogP contribution in [-0.2, 0) is 11.3 Å². The molecule has 1 aliphatic rings. The summed E-state index contributed by atoms with van der Waals surface area (Å²) in [6, 6.07) is 0. The molecule has 0 radical (unpaired) electrons. The van der Waals surface area contributed by atoms with Crippen LogP contribution >= 0.6 is 11.8 Å². The molecule has 13 heteroatoms. The molecule has 3 N–H and O–H groups in total. The zero-order valence-corrected chi connectivity index (χ0v) is 14.8. The van der Waals surface area contributed by atoms with E-state index in [0.717, 1.165) is 10.9 Å². The Morgan fingerprint density at radius 3 is 2.81 bits per heavy atom. The van der Waals surface area contributed by atoms with Gasteiger partial charge in [0, 0.05) is 0 Å². The first kappa shape index (κ1) is 17.8. The minimum atomic E-state index is -1.41. The van der Waals surface area contributed by atoms with Gasteiger partial charge in [0.2, 0.25) is 0 Å². The second kappa shape index (κ2) is 6.84.